The average molecular weight is 432 g/mol. The van der Waals surface area contributed by atoms with Crippen LogP contribution in [0.1, 0.15) is 57.6 Å². The highest BCUT2D eigenvalue weighted by Crippen LogP contribution is 2.29. The molecule has 0 bridgehead atoms. The van der Waals surface area contributed by atoms with Crippen molar-refractivity contribution in [3.05, 3.63) is 78.2 Å². The molecule has 32 heavy (non-hydrogen) atoms. The van der Waals surface area contributed by atoms with Crippen molar-refractivity contribution in [2.45, 2.75) is 66.3 Å². The maximum Gasteiger partial charge on any atom is 0.137 e. The minimum atomic E-state index is 0.214. The Labute approximate surface area is 193 Å². The summed E-state index contributed by atoms with van der Waals surface area (Å²) >= 11 is 0. The average Bonchev–Trinajstić information content (AvgIpc) is 2.78. The van der Waals surface area contributed by atoms with E-state index >= 15 is 0 Å². The standard InChI is InChI=1S/C27H37N5/c1-8-10-12-13-22(5)32(23(6)30-26(28-7)14-11-9-2)27-21(4)15-16-25(31-27)24-19-29-18-17-20(24)3/h9,11,14-19,22,30H,6-8,10,12-13H2,1-5H3/b11-9-,26-14+/t22-/m1/s1. The van der Waals surface area contributed by atoms with E-state index in [2.05, 4.69) is 73.3 Å². The molecule has 0 aliphatic rings. The molecular formula is C27H37N5. The summed E-state index contributed by atoms with van der Waals surface area (Å²) in [5.41, 5.74) is 4.17. The van der Waals surface area contributed by atoms with Crippen LogP contribution in [0, 0.1) is 13.8 Å². The first-order valence-electron chi connectivity index (χ1n) is 11.4. The molecular weight excluding hydrogens is 394 g/mol. The maximum atomic E-state index is 5.07. The van der Waals surface area contributed by atoms with E-state index in [1.54, 1.807) is 0 Å². The van der Waals surface area contributed by atoms with Crippen molar-refractivity contribution < 1.29 is 0 Å². The highest BCUT2D eigenvalue weighted by atomic mass is 15.3. The summed E-state index contributed by atoms with van der Waals surface area (Å²) < 4.78 is 0. The molecule has 0 amide bonds. The second-order valence-electron chi connectivity index (χ2n) is 8.05. The van der Waals surface area contributed by atoms with Gasteiger partial charge < -0.3 is 10.2 Å². The van der Waals surface area contributed by atoms with Crippen LogP contribution in [-0.4, -0.2) is 22.7 Å². The van der Waals surface area contributed by atoms with Crippen LogP contribution in [0.4, 0.5) is 5.82 Å². The van der Waals surface area contributed by atoms with Gasteiger partial charge in [0.1, 0.15) is 17.5 Å². The summed E-state index contributed by atoms with van der Waals surface area (Å²) in [4.78, 5) is 15.7. The number of aliphatic imine (C=N–C) groups is 1. The molecule has 0 unspecified atom stereocenters. The zero-order valence-electron chi connectivity index (χ0n) is 20.2. The largest absolute Gasteiger partial charge is 0.327 e. The van der Waals surface area contributed by atoms with Gasteiger partial charge in [-0.25, -0.2) is 9.98 Å². The van der Waals surface area contributed by atoms with Gasteiger partial charge in [0.15, 0.2) is 0 Å². The topological polar surface area (TPSA) is 53.4 Å². The second kappa shape index (κ2) is 12.6. The van der Waals surface area contributed by atoms with Gasteiger partial charge in [0.2, 0.25) is 0 Å². The molecule has 0 radical (unpaired) electrons. The lowest BCUT2D eigenvalue weighted by Gasteiger charge is -2.33. The Hall–Kier alpha value is -3.21. The fourth-order valence-corrected chi connectivity index (χ4v) is 3.59. The van der Waals surface area contributed by atoms with E-state index in [-0.39, 0.29) is 6.04 Å². The van der Waals surface area contributed by atoms with Crippen LogP contribution in [-0.2, 0) is 0 Å². The Bertz CT molecular complexity index is 974. The number of aryl methyl sites for hydroxylation is 2. The van der Waals surface area contributed by atoms with E-state index in [1.807, 2.05) is 43.6 Å². The zero-order chi connectivity index (χ0) is 23.5. The summed E-state index contributed by atoms with van der Waals surface area (Å²) in [5, 5.41) is 3.33. The second-order valence-corrected chi connectivity index (χ2v) is 8.05. The molecule has 0 spiro atoms. The predicted octanol–water partition coefficient (Wildman–Crippen LogP) is 6.71. The van der Waals surface area contributed by atoms with Crippen molar-refractivity contribution in [3.63, 3.8) is 0 Å². The fraction of sp³-hybridized carbons (Fsp3) is 0.370. The predicted molar refractivity (Wildman–Crippen MR) is 138 cm³/mol. The van der Waals surface area contributed by atoms with Gasteiger partial charge in [0.25, 0.3) is 0 Å². The number of unbranched alkanes of at least 4 members (excludes halogenated alkanes) is 2. The first-order chi connectivity index (χ1) is 15.4. The van der Waals surface area contributed by atoms with Crippen LogP contribution in [0.15, 0.2) is 72.0 Å². The molecule has 5 nitrogen and oxygen atoms in total. The SMILES string of the molecule is C=N/C(=C\C=C/C)NC(=C)N(c1nc(-c2cnccc2C)ccc1C)[C@H](C)CCCCC. The lowest BCUT2D eigenvalue weighted by Crippen LogP contribution is -2.38. The van der Waals surface area contributed by atoms with Crippen molar-refractivity contribution in [2.75, 3.05) is 4.90 Å². The number of hydrogen-bond donors (Lipinski definition) is 1. The van der Waals surface area contributed by atoms with Crippen LogP contribution >= 0.6 is 0 Å². The molecule has 0 saturated carbocycles. The quantitative estimate of drug-likeness (QED) is 0.230. The van der Waals surface area contributed by atoms with E-state index in [0.717, 1.165) is 46.9 Å². The van der Waals surface area contributed by atoms with Crippen molar-refractivity contribution >= 4 is 12.5 Å². The summed E-state index contributed by atoms with van der Waals surface area (Å²) in [6, 6.07) is 6.40. The fourth-order valence-electron chi connectivity index (χ4n) is 3.59. The van der Waals surface area contributed by atoms with Gasteiger partial charge in [-0.1, -0.05) is 51.0 Å². The van der Waals surface area contributed by atoms with Crippen LogP contribution in [0.25, 0.3) is 11.3 Å². The molecule has 2 aromatic rings. The maximum absolute atomic E-state index is 5.07. The Morgan fingerprint density at radius 3 is 2.66 bits per heavy atom. The van der Waals surface area contributed by atoms with Crippen LogP contribution in [0.3, 0.4) is 0 Å². The number of pyridine rings is 2. The third kappa shape index (κ3) is 6.64. The zero-order valence-corrected chi connectivity index (χ0v) is 20.2. The van der Waals surface area contributed by atoms with Crippen molar-refractivity contribution in [1.82, 2.24) is 15.3 Å². The molecule has 2 rings (SSSR count). The molecule has 1 N–H and O–H groups in total. The molecule has 0 fully saturated rings. The van der Waals surface area contributed by atoms with Crippen LogP contribution < -0.4 is 10.2 Å². The Kier molecular flexibility index (Phi) is 9.86. The highest BCUT2D eigenvalue weighted by molar-refractivity contribution is 5.66. The molecule has 2 aromatic heterocycles. The molecule has 1 atom stereocenters. The number of rotatable bonds is 12. The minimum absolute atomic E-state index is 0.214. The normalized spacial score (nSPS) is 12.6. The monoisotopic (exact) mass is 431 g/mol. The van der Waals surface area contributed by atoms with Gasteiger partial charge >= 0.3 is 0 Å². The number of hydrogen-bond acceptors (Lipinski definition) is 5. The first-order valence-corrected chi connectivity index (χ1v) is 11.4. The van der Waals surface area contributed by atoms with E-state index < -0.39 is 0 Å². The number of nitrogens with one attached hydrogen (secondary N) is 1. The van der Waals surface area contributed by atoms with Crippen molar-refractivity contribution in [2.24, 2.45) is 4.99 Å². The molecule has 5 heteroatoms. The number of nitrogens with zero attached hydrogens (tertiary/aromatic N) is 4. The minimum Gasteiger partial charge on any atom is -0.327 e. The molecule has 2 heterocycles. The van der Waals surface area contributed by atoms with Crippen molar-refractivity contribution in [1.29, 1.82) is 0 Å². The van der Waals surface area contributed by atoms with Gasteiger partial charge in [0, 0.05) is 24.0 Å². The summed E-state index contributed by atoms with van der Waals surface area (Å²) in [6.07, 6.45) is 14.0. The number of aromatic nitrogens is 2. The van der Waals surface area contributed by atoms with Crippen LogP contribution in [0.2, 0.25) is 0 Å². The summed E-state index contributed by atoms with van der Waals surface area (Å²) in [7, 11) is 0. The first kappa shape index (κ1) is 25.1. The third-order valence-corrected chi connectivity index (χ3v) is 5.46. The van der Waals surface area contributed by atoms with Crippen LogP contribution in [0.5, 0.6) is 0 Å². The lowest BCUT2D eigenvalue weighted by atomic mass is 10.1. The van der Waals surface area contributed by atoms with Gasteiger partial charge in [-0.2, -0.15) is 0 Å². The molecule has 170 valence electrons. The smallest absolute Gasteiger partial charge is 0.137 e. The third-order valence-electron chi connectivity index (χ3n) is 5.46. The van der Waals surface area contributed by atoms with Gasteiger partial charge in [-0.3, -0.25) is 4.98 Å². The Morgan fingerprint density at radius 1 is 1.22 bits per heavy atom. The number of allylic oxidation sites excluding steroid dienone is 3. The molecule has 0 aliphatic heterocycles. The van der Waals surface area contributed by atoms with E-state index in [1.165, 1.54) is 12.8 Å². The number of anilines is 1. The molecule has 0 saturated heterocycles. The van der Waals surface area contributed by atoms with Gasteiger partial charge in [-0.05, 0) is 70.2 Å². The Balaban J connectivity index is 2.49. The molecule has 0 aliphatic carbocycles. The van der Waals surface area contributed by atoms with Gasteiger partial charge in [-0.15, -0.1) is 0 Å². The summed E-state index contributed by atoms with van der Waals surface area (Å²) in [6.45, 7) is 18.6. The lowest BCUT2D eigenvalue weighted by molar-refractivity contribution is 0.558. The van der Waals surface area contributed by atoms with E-state index in [0.29, 0.717) is 5.82 Å². The molecule has 0 aromatic carbocycles. The van der Waals surface area contributed by atoms with E-state index in [9.17, 15) is 0 Å². The summed E-state index contributed by atoms with van der Waals surface area (Å²) in [5.74, 6) is 2.27. The Morgan fingerprint density at radius 2 is 2.00 bits per heavy atom. The van der Waals surface area contributed by atoms with Gasteiger partial charge in [0.05, 0.1) is 5.69 Å². The van der Waals surface area contributed by atoms with Crippen molar-refractivity contribution in [3.8, 4) is 11.3 Å². The highest BCUT2D eigenvalue weighted by Gasteiger charge is 2.22. The van der Waals surface area contributed by atoms with E-state index in [4.69, 9.17) is 4.98 Å².